The molecule has 2 heterocycles. The Morgan fingerprint density at radius 2 is 1.14 bits per heavy atom. The largest absolute Gasteiger partial charge is 0.476 e. The number of carboxylic acid groups (broad SMARTS) is 2. The highest BCUT2D eigenvalue weighted by Gasteiger charge is 2.22. The van der Waals surface area contributed by atoms with Gasteiger partial charge in [-0.2, -0.15) is 0 Å². The number of aromatic nitrogens is 4. The molecule has 0 saturated carbocycles. The fourth-order valence-corrected chi connectivity index (χ4v) is 2.26. The monoisotopic (exact) mass is 396 g/mol. The van der Waals surface area contributed by atoms with Gasteiger partial charge in [0.05, 0.1) is 11.4 Å². The van der Waals surface area contributed by atoms with Gasteiger partial charge in [0.2, 0.25) is 12.8 Å². The van der Waals surface area contributed by atoms with Gasteiger partial charge < -0.3 is 31.6 Å². The number of hydrogen-bond acceptors (Lipinski definition) is 6. The number of carbonyl (C=O) groups excluding carboxylic acids is 2. The Kier molecular flexibility index (Phi) is 11.0. The summed E-state index contributed by atoms with van der Waals surface area (Å²) >= 11 is 0. The summed E-state index contributed by atoms with van der Waals surface area (Å²) in [4.78, 5) is 53.5. The predicted molar refractivity (Wildman–Crippen MR) is 98.6 cm³/mol. The van der Waals surface area contributed by atoms with Crippen molar-refractivity contribution in [1.82, 2.24) is 19.9 Å². The first-order valence-electron chi connectivity index (χ1n) is 8.26. The molecule has 2 rings (SSSR count). The first-order valence-corrected chi connectivity index (χ1v) is 8.26. The van der Waals surface area contributed by atoms with E-state index in [1.54, 1.807) is 0 Å². The molecule has 0 radical (unpaired) electrons. The van der Waals surface area contributed by atoms with E-state index in [1.165, 1.54) is 0 Å². The normalized spacial score (nSPS) is 9.36. The van der Waals surface area contributed by atoms with Crippen molar-refractivity contribution in [3.63, 3.8) is 0 Å². The van der Waals surface area contributed by atoms with E-state index in [9.17, 15) is 19.8 Å². The van der Waals surface area contributed by atoms with Gasteiger partial charge in [0.25, 0.3) is 0 Å². The fourth-order valence-electron chi connectivity index (χ4n) is 2.26. The number of rotatable bonds is 7. The number of amides is 2. The number of hydrogen-bond donors (Lipinski definition) is 6. The third kappa shape index (κ3) is 6.90. The lowest BCUT2D eigenvalue weighted by Gasteiger charge is -1.94. The van der Waals surface area contributed by atoms with Crippen LogP contribution in [0.3, 0.4) is 0 Å². The molecule has 8 N–H and O–H groups in total. The predicted octanol–water partition coefficient (Wildman–Crippen LogP) is 0.304. The number of nitrogens with two attached hydrogens (primary N) is 2. The van der Waals surface area contributed by atoms with Crippen molar-refractivity contribution in [2.45, 2.75) is 39.5 Å². The molecule has 0 aromatic carbocycles. The van der Waals surface area contributed by atoms with E-state index in [2.05, 4.69) is 31.4 Å². The van der Waals surface area contributed by atoms with Crippen molar-refractivity contribution < 1.29 is 29.4 Å². The highest BCUT2D eigenvalue weighted by atomic mass is 16.4. The number of H-pyrrole nitrogens is 2. The molecule has 0 bridgehead atoms. The van der Waals surface area contributed by atoms with Crippen molar-refractivity contribution in [2.24, 2.45) is 11.5 Å². The lowest BCUT2D eigenvalue weighted by Crippen LogP contribution is -2.01. The quantitative estimate of drug-likeness (QED) is 0.356. The van der Waals surface area contributed by atoms with Crippen LogP contribution in [0.4, 0.5) is 0 Å². The molecule has 12 heteroatoms. The molecule has 0 aliphatic rings. The molecule has 12 nitrogen and oxygen atoms in total. The number of aromatic amines is 2. The van der Waals surface area contributed by atoms with Crippen LogP contribution in [-0.2, 0) is 22.4 Å². The van der Waals surface area contributed by atoms with E-state index >= 15 is 0 Å². The van der Waals surface area contributed by atoms with Gasteiger partial charge in [-0.1, -0.05) is 26.7 Å². The van der Waals surface area contributed by atoms with Crippen molar-refractivity contribution in [2.75, 3.05) is 0 Å². The van der Waals surface area contributed by atoms with Crippen LogP contribution in [0.15, 0.2) is 0 Å². The Labute approximate surface area is 160 Å². The van der Waals surface area contributed by atoms with E-state index in [0.29, 0.717) is 24.2 Å². The minimum atomic E-state index is -1.12. The van der Waals surface area contributed by atoms with Crippen molar-refractivity contribution in [3.05, 3.63) is 22.8 Å². The molecule has 0 fully saturated rings. The average molecular weight is 396 g/mol. The van der Waals surface area contributed by atoms with E-state index in [4.69, 9.17) is 9.59 Å². The van der Waals surface area contributed by atoms with Crippen LogP contribution in [0.25, 0.3) is 11.6 Å². The lowest BCUT2D eigenvalue weighted by atomic mass is 10.2. The standard InChI is InChI=1S/C14H18N4O4.2CH3NO/c1-3-5-7-9(13(19)20)17-11(15-7)12-16-8(6-4-2)10(18-12)14(21)22;2*2-1-3/h3-6H2,1-2H3,(H,15,17)(H,16,18)(H,19,20)(H,21,22);2*1H,(H2,2,3). The first-order chi connectivity index (χ1) is 13.3. The highest BCUT2D eigenvalue weighted by molar-refractivity contribution is 5.88. The van der Waals surface area contributed by atoms with Gasteiger partial charge in [-0.25, -0.2) is 19.6 Å². The first kappa shape index (κ1) is 24.3. The smallest absolute Gasteiger partial charge is 0.356 e. The van der Waals surface area contributed by atoms with E-state index in [0.717, 1.165) is 12.8 Å². The molecule has 0 unspecified atom stereocenters. The zero-order valence-electron chi connectivity index (χ0n) is 15.6. The number of aromatic carboxylic acids is 2. The van der Waals surface area contributed by atoms with E-state index in [1.807, 2.05) is 13.8 Å². The number of primary amides is 2. The number of nitrogens with one attached hydrogen (secondary N) is 2. The molecule has 0 aliphatic heterocycles. The Morgan fingerprint density at radius 3 is 1.36 bits per heavy atom. The van der Waals surface area contributed by atoms with E-state index in [-0.39, 0.29) is 35.9 Å². The molecule has 0 spiro atoms. The third-order valence-electron chi connectivity index (χ3n) is 3.19. The summed E-state index contributed by atoms with van der Waals surface area (Å²) < 4.78 is 0. The van der Waals surface area contributed by atoms with Gasteiger partial charge in [0.15, 0.2) is 23.0 Å². The summed E-state index contributed by atoms with van der Waals surface area (Å²) in [5, 5.41) is 18.4. The molecule has 0 atom stereocenters. The Hall–Kier alpha value is -3.70. The Bertz CT molecular complexity index is 731. The van der Waals surface area contributed by atoms with Gasteiger partial charge in [-0.05, 0) is 12.8 Å². The van der Waals surface area contributed by atoms with Gasteiger partial charge in [0.1, 0.15) is 0 Å². The number of carbonyl (C=O) groups is 4. The maximum Gasteiger partial charge on any atom is 0.356 e. The zero-order valence-corrected chi connectivity index (χ0v) is 15.6. The molecule has 2 amide bonds. The maximum absolute atomic E-state index is 11.2. The van der Waals surface area contributed by atoms with Crippen LogP contribution in [-0.4, -0.2) is 54.9 Å². The molecule has 0 aliphatic carbocycles. The molecule has 154 valence electrons. The number of imidazole rings is 2. The van der Waals surface area contributed by atoms with Crippen molar-refractivity contribution in [3.8, 4) is 11.6 Å². The lowest BCUT2D eigenvalue weighted by molar-refractivity contribution is -0.107. The molecule has 2 aromatic heterocycles. The van der Waals surface area contributed by atoms with Crippen molar-refractivity contribution in [1.29, 1.82) is 0 Å². The zero-order chi connectivity index (χ0) is 21.7. The van der Waals surface area contributed by atoms with Crippen LogP contribution >= 0.6 is 0 Å². The molecular weight excluding hydrogens is 372 g/mol. The van der Waals surface area contributed by atoms with E-state index < -0.39 is 11.9 Å². The second-order valence-electron chi connectivity index (χ2n) is 5.21. The molecular formula is C16H24N6O6. The molecule has 0 saturated heterocycles. The second-order valence-corrected chi connectivity index (χ2v) is 5.21. The topological polar surface area (TPSA) is 218 Å². The average Bonchev–Trinajstić information content (AvgIpc) is 3.21. The summed E-state index contributed by atoms with van der Waals surface area (Å²) in [5.74, 6) is -1.76. The van der Waals surface area contributed by atoms with Crippen LogP contribution in [0.1, 0.15) is 59.1 Å². The highest BCUT2D eigenvalue weighted by Crippen LogP contribution is 2.20. The fraction of sp³-hybridized carbons (Fsp3) is 0.375. The molecule has 2 aromatic rings. The van der Waals surface area contributed by atoms with Gasteiger partial charge in [-0.15, -0.1) is 0 Å². The minimum absolute atomic E-state index is 0.0535. The summed E-state index contributed by atoms with van der Waals surface area (Å²) in [5.41, 5.74) is 9.25. The molecule has 28 heavy (non-hydrogen) atoms. The number of nitrogens with zero attached hydrogens (tertiary/aromatic N) is 2. The second kappa shape index (κ2) is 12.6. The Morgan fingerprint density at radius 1 is 0.857 bits per heavy atom. The van der Waals surface area contributed by atoms with Crippen LogP contribution in [0, 0.1) is 0 Å². The minimum Gasteiger partial charge on any atom is -0.476 e. The van der Waals surface area contributed by atoms with Crippen LogP contribution in [0.5, 0.6) is 0 Å². The van der Waals surface area contributed by atoms with Gasteiger partial charge >= 0.3 is 11.9 Å². The summed E-state index contributed by atoms with van der Waals surface area (Å²) in [6.07, 6.45) is 3.12. The van der Waals surface area contributed by atoms with Gasteiger partial charge in [-0.3, -0.25) is 9.59 Å². The van der Waals surface area contributed by atoms with Crippen LogP contribution in [0.2, 0.25) is 0 Å². The Balaban J connectivity index is 0.00000108. The van der Waals surface area contributed by atoms with Crippen molar-refractivity contribution >= 4 is 24.8 Å². The maximum atomic E-state index is 11.2. The summed E-state index contributed by atoms with van der Waals surface area (Å²) in [6, 6.07) is 0. The summed E-state index contributed by atoms with van der Waals surface area (Å²) in [6.45, 7) is 3.86. The number of aryl methyl sites for hydroxylation is 2. The van der Waals surface area contributed by atoms with Gasteiger partial charge in [0, 0.05) is 0 Å². The van der Waals surface area contributed by atoms with Crippen LogP contribution < -0.4 is 11.5 Å². The SMILES string of the molecule is CCCc1[nH]c(-c2nc(C(=O)O)c(CCC)[nH]2)nc1C(=O)O.NC=O.NC=O. The summed E-state index contributed by atoms with van der Waals surface area (Å²) in [7, 11) is 0. The number of carboxylic acids is 2. The third-order valence-corrected chi connectivity index (χ3v) is 3.19.